The summed E-state index contributed by atoms with van der Waals surface area (Å²) in [6.45, 7) is 5.21. The summed E-state index contributed by atoms with van der Waals surface area (Å²) in [5.74, 6) is 0.446. The molecule has 1 aliphatic carbocycles. The van der Waals surface area contributed by atoms with Crippen LogP contribution in [0, 0.1) is 11.7 Å². The lowest BCUT2D eigenvalue weighted by molar-refractivity contribution is 0.0978. The molecule has 3 fully saturated rings. The third kappa shape index (κ3) is 6.63. The van der Waals surface area contributed by atoms with E-state index in [2.05, 4.69) is 9.62 Å². The van der Waals surface area contributed by atoms with Crippen molar-refractivity contribution < 1.29 is 13.9 Å². The molecule has 3 aliphatic rings. The zero-order chi connectivity index (χ0) is 24.4. The summed E-state index contributed by atoms with van der Waals surface area (Å²) < 4.78 is 25.8. The first-order valence-electron chi connectivity index (χ1n) is 12.3. The van der Waals surface area contributed by atoms with Crippen LogP contribution in [0.4, 0.5) is 4.39 Å². The summed E-state index contributed by atoms with van der Waals surface area (Å²) in [7, 11) is 0. The van der Waals surface area contributed by atoms with Gasteiger partial charge < -0.3 is 4.74 Å². The first kappa shape index (κ1) is 25.2. The Kier molecular flexibility index (Phi) is 8.09. The number of likely N-dealkylation sites (tertiary alicyclic amines) is 1. The van der Waals surface area contributed by atoms with Gasteiger partial charge >= 0.3 is 0 Å². The van der Waals surface area contributed by atoms with E-state index in [0.717, 1.165) is 76.0 Å². The number of hydrogen-bond donors (Lipinski definition) is 1. The molecule has 2 aliphatic heterocycles. The fourth-order valence-corrected chi connectivity index (χ4v) is 5.94. The minimum absolute atomic E-state index is 0.0988. The lowest BCUT2D eigenvalue weighted by Gasteiger charge is -2.32. The van der Waals surface area contributed by atoms with Gasteiger partial charge in [0.25, 0.3) is 5.91 Å². The van der Waals surface area contributed by atoms with Crippen LogP contribution in [0.2, 0.25) is 10.0 Å². The molecule has 1 amide bonds. The highest BCUT2D eigenvalue weighted by atomic mass is 35.5. The minimum atomic E-state index is -0.527. The number of nitrogens with one attached hydrogen (secondary N) is 1. The summed E-state index contributed by atoms with van der Waals surface area (Å²) >= 11 is 13.5. The molecule has 1 N–H and O–H groups in total. The maximum atomic E-state index is 14.9. The molecule has 5 nitrogen and oxygen atoms in total. The Balaban J connectivity index is 1.15. The number of benzene rings is 2. The molecular weight excluding hydrogens is 508 g/mol. The van der Waals surface area contributed by atoms with E-state index in [4.69, 9.17) is 27.9 Å². The molecule has 5 rings (SSSR count). The Morgan fingerprint density at radius 3 is 2.37 bits per heavy atom. The molecule has 2 aromatic rings. The highest BCUT2D eigenvalue weighted by Crippen LogP contribution is 2.45. The summed E-state index contributed by atoms with van der Waals surface area (Å²) in [6, 6.07) is 8.79. The zero-order valence-corrected chi connectivity index (χ0v) is 21.9. The summed E-state index contributed by atoms with van der Waals surface area (Å²) in [5, 5.41) is 1.32. The van der Waals surface area contributed by atoms with E-state index >= 15 is 0 Å². The highest BCUT2D eigenvalue weighted by Gasteiger charge is 2.30. The number of piperidine rings is 1. The minimum Gasteiger partial charge on any atom is -0.493 e. The van der Waals surface area contributed by atoms with E-state index in [1.807, 2.05) is 16.4 Å². The van der Waals surface area contributed by atoms with E-state index in [1.165, 1.54) is 18.2 Å². The molecular formula is C26H30Cl2FN3O2S. The molecule has 9 heteroatoms. The maximum Gasteiger partial charge on any atom is 0.265 e. The molecule has 35 heavy (non-hydrogen) atoms. The zero-order valence-electron chi connectivity index (χ0n) is 19.6. The largest absolute Gasteiger partial charge is 0.493 e. The molecule has 0 aromatic heterocycles. The standard InChI is InChI=1S/C26H30Cl2FN3O2S/c27-20-10-18(11-21(28)12-20)15-31-8-4-17(5-9-31)16-34-25-14-24(29)23(13-22(25)19-2-3-19)26(33)30-35-32-6-1-7-32/h10-14,17,19H,1-9,15-16H2,(H,30,33). The van der Waals surface area contributed by atoms with Gasteiger partial charge in [0.1, 0.15) is 11.6 Å². The molecule has 2 saturated heterocycles. The fourth-order valence-electron chi connectivity index (χ4n) is 4.60. The number of carbonyl (C=O) groups is 1. The van der Waals surface area contributed by atoms with Crippen LogP contribution in [0.1, 0.15) is 59.5 Å². The van der Waals surface area contributed by atoms with Gasteiger partial charge in [-0.15, -0.1) is 0 Å². The first-order chi connectivity index (χ1) is 16.9. The van der Waals surface area contributed by atoms with Crippen LogP contribution in [0.5, 0.6) is 5.75 Å². The predicted octanol–water partition coefficient (Wildman–Crippen LogP) is 6.30. The average Bonchev–Trinajstić information content (AvgIpc) is 3.62. The number of halogens is 3. The fraction of sp³-hybridized carbons (Fsp3) is 0.500. The number of carbonyl (C=O) groups excluding carboxylic acids is 1. The predicted molar refractivity (Wildman–Crippen MR) is 140 cm³/mol. The number of hydrogen-bond acceptors (Lipinski definition) is 5. The lowest BCUT2D eigenvalue weighted by atomic mass is 9.97. The topological polar surface area (TPSA) is 44.8 Å². The third-order valence-electron chi connectivity index (χ3n) is 6.95. The van der Waals surface area contributed by atoms with Crippen molar-refractivity contribution in [3.05, 3.63) is 62.9 Å². The quantitative estimate of drug-likeness (QED) is 0.380. The maximum absolute atomic E-state index is 14.9. The van der Waals surface area contributed by atoms with Gasteiger partial charge in [0.05, 0.1) is 12.2 Å². The van der Waals surface area contributed by atoms with E-state index in [-0.39, 0.29) is 11.5 Å². The van der Waals surface area contributed by atoms with Crippen molar-refractivity contribution in [3.8, 4) is 5.75 Å². The molecule has 0 spiro atoms. The number of nitrogens with zero attached hydrogens (tertiary/aromatic N) is 2. The van der Waals surface area contributed by atoms with Gasteiger partial charge in [-0.1, -0.05) is 23.2 Å². The van der Waals surface area contributed by atoms with Crippen molar-refractivity contribution >= 4 is 41.2 Å². The van der Waals surface area contributed by atoms with Crippen LogP contribution in [-0.2, 0) is 6.54 Å². The second-order valence-electron chi connectivity index (χ2n) is 9.76. The van der Waals surface area contributed by atoms with E-state index in [1.54, 1.807) is 12.1 Å². The van der Waals surface area contributed by atoms with Gasteiger partial charge in [-0.2, -0.15) is 0 Å². The van der Waals surface area contributed by atoms with Gasteiger partial charge in [-0.05, 0) is 92.4 Å². The second-order valence-corrected chi connectivity index (χ2v) is 11.5. The van der Waals surface area contributed by atoms with E-state index in [0.29, 0.717) is 34.2 Å². The molecule has 0 atom stereocenters. The van der Waals surface area contributed by atoms with Crippen molar-refractivity contribution in [3.63, 3.8) is 0 Å². The van der Waals surface area contributed by atoms with Gasteiger partial charge in [0.2, 0.25) is 0 Å². The Bertz CT molecular complexity index is 1050. The summed E-state index contributed by atoms with van der Waals surface area (Å²) in [5.41, 5.74) is 2.18. The Morgan fingerprint density at radius 1 is 1.03 bits per heavy atom. The van der Waals surface area contributed by atoms with Crippen molar-refractivity contribution in [2.75, 3.05) is 32.8 Å². The Labute approximate surface area is 220 Å². The number of ether oxygens (including phenoxy) is 1. The van der Waals surface area contributed by atoms with Crippen molar-refractivity contribution in [1.82, 2.24) is 13.9 Å². The molecule has 0 unspecified atom stereocenters. The molecule has 2 heterocycles. The van der Waals surface area contributed by atoms with Crippen LogP contribution in [-0.4, -0.2) is 47.9 Å². The normalized spacial score (nSPS) is 19.4. The average molecular weight is 539 g/mol. The van der Waals surface area contributed by atoms with E-state index in [9.17, 15) is 9.18 Å². The third-order valence-corrected chi connectivity index (χ3v) is 8.29. The Morgan fingerprint density at radius 2 is 1.74 bits per heavy atom. The van der Waals surface area contributed by atoms with Crippen LogP contribution < -0.4 is 9.46 Å². The Hall–Kier alpha value is -1.51. The molecule has 0 bridgehead atoms. The van der Waals surface area contributed by atoms with Gasteiger partial charge in [-0.25, -0.2) is 8.70 Å². The van der Waals surface area contributed by atoms with Crippen LogP contribution >= 0.6 is 35.3 Å². The summed E-state index contributed by atoms with van der Waals surface area (Å²) in [4.78, 5) is 15.0. The van der Waals surface area contributed by atoms with Crippen LogP contribution in [0.15, 0.2) is 30.3 Å². The SMILES string of the molecule is O=C(NSN1CCC1)c1cc(C2CC2)c(OCC2CCN(Cc3cc(Cl)cc(Cl)c3)CC2)cc1F. The van der Waals surface area contributed by atoms with Crippen molar-refractivity contribution in [2.24, 2.45) is 5.92 Å². The van der Waals surface area contributed by atoms with Crippen LogP contribution in [0.25, 0.3) is 0 Å². The monoisotopic (exact) mass is 537 g/mol. The van der Waals surface area contributed by atoms with Crippen molar-refractivity contribution in [1.29, 1.82) is 0 Å². The molecule has 1 saturated carbocycles. The smallest absolute Gasteiger partial charge is 0.265 e. The number of amides is 1. The summed E-state index contributed by atoms with van der Waals surface area (Å²) in [6.07, 6.45) is 5.27. The number of rotatable bonds is 9. The lowest BCUT2D eigenvalue weighted by Crippen LogP contribution is -2.35. The molecule has 188 valence electrons. The van der Waals surface area contributed by atoms with Gasteiger partial charge in [0.15, 0.2) is 0 Å². The highest BCUT2D eigenvalue weighted by molar-refractivity contribution is 7.95. The molecule has 2 aromatic carbocycles. The molecule has 0 radical (unpaired) electrons. The van der Waals surface area contributed by atoms with Gasteiger partial charge in [-0.3, -0.25) is 14.4 Å². The van der Waals surface area contributed by atoms with Crippen molar-refractivity contribution in [2.45, 2.75) is 44.6 Å². The van der Waals surface area contributed by atoms with Crippen LogP contribution in [0.3, 0.4) is 0 Å². The second kappa shape index (κ2) is 11.3. The first-order valence-corrected chi connectivity index (χ1v) is 13.8. The van der Waals surface area contributed by atoms with E-state index < -0.39 is 5.82 Å². The van der Waals surface area contributed by atoms with Gasteiger partial charge in [0, 0.05) is 47.9 Å².